The van der Waals surface area contributed by atoms with E-state index in [-0.39, 0.29) is 6.61 Å². The zero-order valence-electron chi connectivity index (χ0n) is 9.64. The highest BCUT2D eigenvalue weighted by atomic mass is 16.5. The van der Waals surface area contributed by atoms with Gasteiger partial charge in [-0.05, 0) is 19.4 Å². The SMILES string of the molecule is CCOC(=O)C(=NO)C(=O)c1ccccc1C. The molecule has 0 bridgehead atoms. The number of rotatable bonds is 4. The van der Waals surface area contributed by atoms with E-state index in [0.717, 1.165) is 0 Å². The summed E-state index contributed by atoms with van der Waals surface area (Å²) >= 11 is 0. The van der Waals surface area contributed by atoms with Gasteiger partial charge in [0, 0.05) is 5.56 Å². The number of ketones is 1. The van der Waals surface area contributed by atoms with Crippen molar-refractivity contribution in [1.29, 1.82) is 0 Å². The molecule has 1 aromatic carbocycles. The van der Waals surface area contributed by atoms with Crippen molar-refractivity contribution in [2.24, 2.45) is 5.16 Å². The van der Waals surface area contributed by atoms with Crippen molar-refractivity contribution < 1.29 is 19.5 Å². The van der Waals surface area contributed by atoms with Gasteiger partial charge >= 0.3 is 5.97 Å². The Hall–Kier alpha value is -2.17. The Labute approximate surface area is 98.7 Å². The Morgan fingerprint density at radius 3 is 2.53 bits per heavy atom. The highest BCUT2D eigenvalue weighted by Gasteiger charge is 2.24. The second-order valence-corrected chi connectivity index (χ2v) is 3.31. The van der Waals surface area contributed by atoms with Gasteiger partial charge in [0.1, 0.15) is 0 Å². The normalized spacial score (nSPS) is 11.1. The van der Waals surface area contributed by atoms with E-state index in [9.17, 15) is 9.59 Å². The molecule has 0 aromatic heterocycles. The van der Waals surface area contributed by atoms with Gasteiger partial charge in [0.15, 0.2) is 0 Å². The summed E-state index contributed by atoms with van der Waals surface area (Å²) in [4.78, 5) is 23.3. The largest absolute Gasteiger partial charge is 0.461 e. The average Bonchev–Trinajstić information content (AvgIpc) is 2.30. The molecule has 0 heterocycles. The van der Waals surface area contributed by atoms with Crippen molar-refractivity contribution in [3.63, 3.8) is 0 Å². The summed E-state index contributed by atoms with van der Waals surface area (Å²) in [5, 5.41) is 11.4. The number of carbonyl (C=O) groups excluding carboxylic acids is 2. The van der Waals surface area contributed by atoms with Gasteiger partial charge in [0.2, 0.25) is 11.5 Å². The van der Waals surface area contributed by atoms with Crippen LogP contribution in [0.15, 0.2) is 29.4 Å². The number of hydrogen-bond donors (Lipinski definition) is 1. The van der Waals surface area contributed by atoms with Gasteiger partial charge in [-0.1, -0.05) is 29.4 Å². The van der Waals surface area contributed by atoms with Gasteiger partial charge in [-0.2, -0.15) is 0 Å². The minimum Gasteiger partial charge on any atom is -0.461 e. The van der Waals surface area contributed by atoms with Crippen LogP contribution >= 0.6 is 0 Å². The lowest BCUT2D eigenvalue weighted by Crippen LogP contribution is -2.27. The molecule has 0 amide bonds. The number of aryl methyl sites for hydroxylation is 1. The highest BCUT2D eigenvalue weighted by molar-refractivity contribution is 6.67. The van der Waals surface area contributed by atoms with E-state index in [0.29, 0.717) is 11.1 Å². The Kier molecular flexibility index (Phi) is 4.39. The summed E-state index contributed by atoms with van der Waals surface area (Å²) in [5.41, 5.74) is 0.400. The molecular weight excluding hydrogens is 222 g/mol. The molecule has 0 aliphatic heterocycles. The van der Waals surface area contributed by atoms with Crippen LogP contribution < -0.4 is 0 Å². The average molecular weight is 235 g/mol. The van der Waals surface area contributed by atoms with Crippen molar-refractivity contribution in [2.75, 3.05) is 6.61 Å². The molecule has 1 rings (SSSR count). The first-order valence-corrected chi connectivity index (χ1v) is 5.11. The fourth-order valence-electron chi connectivity index (χ4n) is 1.33. The Morgan fingerprint density at radius 2 is 2.00 bits per heavy atom. The first-order chi connectivity index (χ1) is 8.11. The highest BCUT2D eigenvalue weighted by Crippen LogP contribution is 2.09. The summed E-state index contributed by atoms with van der Waals surface area (Å²) in [5.74, 6) is -1.58. The number of carbonyl (C=O) groups is 2. The van der Waals surface area contributed by atoms with Crippen LogP contribution in [0.1, 0.15) is 22.8 Å². The van der Waals surface area contributed by atoms with Crippen molar-refractivity contribution in [3.8, 4) is 0 Å². The fourth-order valence-corrected chi connectivity index (χ4v) is 1.33. The molecule has 0 spiro atoms. The van der Waals surface area contributed by atoms with Crippen LogP contribution in [0.25, 0.3) is 0 Å². The molecular formula is C12H13NO4. The summed E-state index contributed by atoms with van der Waals surface area (Å²) in [6, 6.07) is 6.72. The van der Waals surface area contributed by atoms with Gasteiger partial charge < -0.3 is 9.94 Å². The van der Waals surface area contributed by atoms with Gasteiger partial charge in [0.05, 0.1) is 6.61 Å². The standard InChI is InChI=1S/C12H13NO4/c1-3-17-12(15)10(13-16)11(14)9-7-5-4-6-8(9)2/h4-7,16H,3H2,1-2H3. The molecule has 0 unspecified atom stereocenters. The van der Waals surface area contributed by atoms with Crippen LogP contribution in [0, 0.1) is 6.92 Å². The van der Waals surface area contributed by atoms with Crippen LogP contribution in [0.2, 0.25) is 0 Å². The molecule has 1 aromatic rings. The van der Waals surface area contributed by atoms with E-state index in [4.69, 9.17) is 5.21 Å². The van der Waals surface area contributed by atoms with Gasteiger partial charge in [-0.25, -0.2) is 4.79 Å². The molecule has 0 fully saturated rings. The first-order valence-electron chi connectivity index (χ1n) is 5.11. The maximum Gasteiger partial charge on any atom is 0.364 e. The molecule has 0 aliphatic rings. The molecule has 0 saturated carbocycles. The van der Waals surface area contributed by atoms with Gasteiger partial charge in [-0.3, -0.25) is 4.79 Å². The number of ether oxygens (including phenoxy) is 1. The lowest BCUT2D eigenvalue weighted by molar-refractivity contribution is -0.135. The number of Topliss-reactive ketones (excluding diaryl/α,β-unsaturated/α-hetero) is 1. The summed E-state index contributed by atoms with van der Waals surface area (Å²) in [6.07, 6.45) is 0. The predicted molar refractivity (Wildman–Crippen MR) is 61.4 cm³/mol. The summed E-state index contributed by atoms with van der Waals surface area (Å²) in [7, 11) is 0. The van der Waals surface area contributed by atoms with Crippen LogP contribution in [0.5, 0.6) is 0 Å². The number of nitrogens with zero attached hydrogens (tertiary/aromatic N) is 1. The molecule has 5 nitrogen and oxygen atoms in total. The minimum absolute atomic E-state index is 0.110. The maximum atomic E-state index is 11.9. The number of oxime groups is 1. The Bertz CT molecular complexity index is 465. The van der Waals surface area contributed by atoms with Crippen molar-refractivity contribution in [3.05, 3.63) is 35.4 Å². The molecule has 5 heteroatoms. The third-order valence-corrected chi connectivity index (χ3v) is 2.17. The molecule has 90 valence electrons. The quantitative estimate of drug-likeness (QED) is 0.215. The first kappa shape index (κ1) is 12.9. The van der Waals surface area contributed by atoms with E-state index in [1.165, 1.54) is 0 Å². The molecule has 0 radical (unpaired) electrons. The zero-order valence-corrected chi connectivity index (χ0v) is 9.64. The van der Waals surface area contributed by atoms with Crippen molar-refractivity contribution in [1.82, 2.24) is 0 Å². The van der Waals surface area contributed by atoms with Crippen molar-refractivity contribution >= 4 is 17.5 Å². The Morgan fingerprint density at radius 1 is 1.35 bits per heavy atom. The van der Waals surface area contributed by atoms with E-state index >= 15 is 0 Å². The second kappa shape index (κ2) is 5.79. The summed E-state index contributed by atoms with van der Waals surface area (Å²) < 4.78 is 4.63. The number of esters is 1. The lowest BCUT2D eigenvalue weighted by atomic mass is 10.0. The smallest absolute Gasteiger partial charge is 0.364 e. The van der Waals surface area contributed by atoms with E-state index < -0.39 is 17.5 Å². The summed E-state index contributed by atoms with van der Waals surface area (Å²) in [6.45, 7) is 3.44. The van der Waals surface area contributed by atoms with Crippen LogP contribution in [0.3, 0.4) is 0 Å². The molecule has 1 N–H and O–H groups in total. The topological polar surface area (TPSA) is 76.0 Å². The van der Waals surface area contributed by atoms with Crippen LogP contribution in [0.4, 0.5) is 0 Å². The zero-order chi connectivity index (χ0) is 12.8. The van der Waals surface area contributed by atoms with Crippen molar-refractivity contribution in [2.45, 2.75) is 13.8 Å². The molecule has 17 heavy (non-hydrogen) atoms. The third kappa shape index (κ3) is 2.90. The van der Waals surface area contributed by atoms with Gasteiger partial charge in [-0.15, -0.1) is 0 Å². The lowest BCUT2D eigenvalue weighted by Gasteiger charge is -2.05. The van der Waals surface area contributed by atoms with E-state index in [1.54, 1.807) is 38.1 Å². The fraction of sp³-hybridized carbons (Fsp3) is 0.250. The molecule has 0 aliphatic carbocycles. The van der Waals surface area contributed by atoms with Crippen LogP contribution in [-0.4, -0.2) is 29.3 Å². The molecule has 0 atom stereocenters. The monoisotopic (exact) mass is 235 g/mol. The van der Waals surface area contributed by atoms with E-state index in [1.807, 2.05) is 0 Å². The second-order valence-electron chi connectivity index (χ2n) is 3.31. The predicted octanol–water partition coefficient (Wildman–Crippen LogP) is 1.57. The van der Waals surface area contributed by atoms with Crippen LogP contribution in [-0.2, 0) is 9.53 Å². The molecule has 0 saturated heterocycles. The Balaban J connectivity index is 3.04. The maximum absolute atomic E-state index is 11.9. The minimum atomic E-state index is -0.928. The third-order valence-electron chi connectivity index (χ3n) is 2.17. The van der Waals surface area contributed by atoms with Gasteiger partial charge in [0.25, 0.3) is 0 Å². The number of hydrogen-bond acceptors (Lipinski definition) is 5. The number of benzene rings is 1. The van der Waals surface area contributed by atoms with E-state index in [2.05, 4.69) is 9.89 Å².